The number of esters is 2. The Kier molecular flexibility index (Phi) is 5.43. The van der Waals surface area contributed by atoms with E-state index in [0.717, 1.165) is 0 Å². The van der Waals surface area contributed by atoms with Crippen molar-refractivity contribution >= 4 is 29.2 Å². The lowest BCUT2D eigenvalue weighted by Crippen LogP contribution is -2.38. The average Bonchev–Trinajstić information content (AvgIpc) is 3.12. The highest BCUT2D eigenvalue weighted by atomic mass is 35.5. The molecule has 1 aromatic carbocycles. The minimum atomic E-state index is -0.762. The maximum Gasteiger partial charge on any atom is 0.355 e. The van der Waals surface area contributed by atoms with E-state index in [1.807, 2.05) is 0 Å². The van der Waals surface area contributed by atoms with Crippen LogP contribution in [0.3, 0.4) is 0 Å². The van der Waals surface area contributed by atoms with Crippen LogP contribution in [-0.2, 0) is 23.8 Å². The first kappa shape index (κ1) is 18.9. The number of aromatic nitrogens is 2. The fourth-order valence-corrected chi connectivity index (χ4v) is 2.77. The fourth-order valence-electron chi connectivity index (χ4n) is 2.63. The maximum atomic E-state index is 14.6. The van der Waals surface area contributed by atoms with Gasteiger partial charge in [-0.3, -0.25) is 0 Å². The first-order valence-corrected chi connectivity index (χ1v) is 8.09. The highest BCUT2D eigenvalue weighted by Gasteiger charge is 2.32. The van der Waals surface area contributed by atoms with E-state index in [4.69, 9.17) is 25.8 Å². The quantitative estimate of drug-likeness (QED) is 0.733. The highest BCUT2D eigenvalue weighted by Crippen LogP contribution is 2.29. The summed E-state index contributed by atoms with van der Waals surface area (Å²) in [7, 11) is 2.37. The molecule has 27 heavy (non-hydrogen) atoms. The number of nitrogens with zero attached hydrogens (tertiary/aromatic N) is 3. The van der Waals surface area contributed by atoms with Crippen molar-refractivity contribution in [1.82, 2.24) is 9.78 Å². The second kappa shape index (κ2) is 7.77. The number of carbonyl (C=O) groups is 2. The number of hydrogen-bond donors (Lipinski definition) is 0. The number of benzene rings is 1. The van der Waals surface area contributed by atoms with Gasteiger partial charge in [0, 0.05) is 11.9 Å². The zero-order valence-electron chi connectivity index (χ0n) is 14.4. The SMILES string of the molecule is COC(=O)C1=C(C(=O)OC)N(c2ccc(-n3cc(Cl)cn3)c(F)c2)COC1. The molecule has 8 nitrogen and oxygen atoms in total. The molecule has 1 aliphatic rings. The van der Waals surface area contributed by atoms with Crippen molar-refractivity contribution in [2.75, 3.05) is 32.5 Å². The van der Waals surface area contributed by atoms with Gasteiger partial charge in [-0.05, 0) is 18.2 Å². The standard InChI is InChI=1S/C17H15ClFN3O5/c1-25-16(23)12-8-27-9-21(15(12)17(24)26-2)11-3-4-14(13(19)5-11)22-7-10(18)6-20-22/h3-7H,8-9H2,1-2H3. The van der Waals surface area contributed by atoms with Crippen LogP contribution in [0.4, 0.5) is 10.1 Å². The molecule has 1 aliphatic heterocycles. The molecule has 1 aromatic heterocycles. The summed E-state index contributed by atoms with van der Waals surface area (Å²) < 4.78 is 30.7. The molecular formula is C17H15ClFN3O5. The third-order valence-electron chi connectivity index (χ3n) is 3.87. The summed E-state index contributed by atoms with van der Waals surface area (Å²) >= 11 is 5.81. The van der Waals surface area contributed by atoms with Gasteiger partial charge in [0.1, 0.15) is 18.1 Å². The molecule has 0 unspecified atom stereocenters. The molecule has 0 atom stereocenters. The van der Waals surface area contributed by atoms with Gasteiger partial charge in [-0.25, -0.2) is 18.7 Å². The van der Waals surface area contributed by atoms with Crippen LogP contribution in [0.15, 0.2) is 41.9 Å². The van der Waals surface area contributed by atoms with Crippen LogP contribution >= 0.6 is 11.6 Å². The minimum absolute atomic E-state index is 0.0149. The maximum absolute atomic E-state index is 14.6. The van der Waals surface area contributed by atoms with Crippen LogP contribution in [0.5, 0.6) is 0 Å². The van der Waals surface area contributed by atoms with E-state index in [9.17, 15) is 14.0 Å². The van der Waals surface area contributed by atoms with Crippen molar-refractivity contribution in [2.45, 2.75) is 0 Å². The third kappa shape index (κ3) is 3.64. The van der Waals surface area contributed by atoms with E-state index in [-0.39, 0.29) is 36.0 Å². The second-order valence-electron chi connectivity index (χ2n) is 5.45. The third-order valence-corrected chi connectivity index (χ3v) is 4.07. The van der Waals surface area contributed by atoms with Crippen molar-refractivity contribution in [3.05, 3.63) is 52.7 Å². The molecule has 0 aliphatic carbocycles. The number of carbonyl (C=O) groups excluding carboxylic acids is 2. The molecule has 2 aromatic rings. The second-order valence-corrected chi connectivity index (χ2v) is 5.89. The molecule has 3 rings (SSSR count). The Hall–Kier alpha value is -2.91. The van der Waals surface area contributed by atoms with Gasteiger partial charge in [0.2, 0.25) is 0 Å². The first-order chi connectivity index (χ1) is 13.0. The van der Waals surface area contributed by atoms with Gasteiger partial charge in [-0.2, -0.15) is 5.10 Å². The zero-order chi connectivity index (χ0) is 19.6. The predicted molar refractivity (Wildman–Crippen MR) is 92.9 cm³/mol. The summed E-state index contributed by atoms with van der Waals surface area (Å²) in [5, 5.41) is 4.32. The molecule has 0 radical (unpaired) electrons. The van der Waals surface area contributed by atoms with Gasteiger partial charge < -0.3 is 19.1 Å². The van der Waals surface area contributed by atoms with Gasteiger partial charge in [0.25, 0.3) is 0 Å². The summed E-state index contributed by atoms with van der Waals surface area (Å²) in [4.78, 5) is 25.6. The lowest BCUT2D eigenvalue weighted by molar-refractivity contribution is -0.140. The van der Waals surface area contributed by atoms with E-state index in [1.54, 1.807) is 6.07 Å². The molecule has 0 saturated heterocycles. The Morgan fingerprint density at radius 3 is 2.59 bits per heavy atom. The zero-order valence-corrected chi connectivity index (χ0v) is 15.2. The molecule has 0 bridgehead atoms. The Morgan fingerprint density at radius 1 is 1.26 bits per heavy atom. The summed E-state index contributed by atoms with van der Waals surface area (Å²) in [5.41, 5.74) is 0.375. The highest BCUT2D eigenvalue weighted by molar-refractivity contribution is 6.30. The Balaban J connectivity index is 2.04. The van der Waals surface area contributed by atoms with Crippen molar-refractivity contribution in [1.29, 1.82) is 0 Å². The van der Waals surface area contributed by atoms with Crippen molar-refractivity contribution in [3.63, 3.8) is 0 Å². The summed E-state index contributed by atoms with van der Waals surface area (Å²) in [6.45, 7) is -0.197. The Morgan fingerprint density at radius 2 is 2.00 bits per heavy atom. The lowest BCUT2D eigenvalue weighted by atomic mass is 10.1. The van der Waals surface area contributed by atoms with Crippen LogP contribution in [-0.4, -0.2) is 49.3 Å². The monoisotopic (exact) mass is 395 g/mol. The smallest absolute Gasteiger partial charge is 0.355 e. The molecule has 0 saturated carbocycles. The van der Waals surface area contributed by atoms with Gasteiger partial charge in [0.15, 0.2) is 5.82 Å². The van der Waals surface area contributed by atoms with E-state index in [2.05, 4.69) is 5.10 Å². The van der Waals surface area contributed by atoms with E-state index in [1.165, 1.54) is 48.3 Å². The molecule has 2 heterocycles. The average molecular weight is 396 g/mol. The number of halogens is 2. The molecule has 10 heteroatoms. The minimum Gasteiger partial charge on any atom is -0.466 e. The predicted octanol–water partition coefficient (Wildman–Crippen LogP) is 2.06. The number of hydrogen-bond acceptors (Lipinski definition) is 7. The van der Waals surface area contributed by atoms with Crippen LogP contribution < -0.4 is 4.90 Å². The molecule has 0 fully saturated rings. The van der Waals surface area contributed by atoms with Crippen LogP contribution in [0.2, 0.25) is 5.02 Å². The van der Waals surface area contributed by atoms with Gasteiger partial charge in [-0.1, -0.05) is 11.6 Å². The molecule has 0 spiro atoms. The van der Waals surface area contributed by atoms with E-state index in [0.29, 0.717) is 5.02 Å². The topological polar surface area (TPSA) is 82.9 Å². The van der Waals surface area contributed by atoms with Crippen molar-refractivity contribution < 1.29 is 28.2 Å². The molecule has 0 amide bonds. The fraction of sp³-hybridized carbons (Fsp3) is 0.235. The first-order valence-electron chi connectivity index (χ1n) is 7.71. The lowest BCUT2D eigenvalue weighted by Gasteiger charge is -2.31. The number of ether oxygens (including phenoxy) is 3. The number of rotatable bonds is 4. The van der Waals surface area contributed by atoms with Gasteiger partial charge in [0.05, 0.1) is 37.6 Å². The van der Waals surface area contributed by atoms with E-state index < -0.39 is 17.8 Å². The van der Waals surface area contributed by atoms with Gasteiger partial charge >= 0.3 is 11.9 Å². The largest absolute Gasteiger partial charge is 0.466 e. The normalized spacial score (nSPS) is 14.3. The van der Waals surface area contributed by atoms with Crippen LogP contribution in [0.1, 0.15) is 0 Å². The van der Waals surface area contributed by atoms with Crippen molar-refractivity contribution in [2.24, 2.45) is 0 Å². The summed E-state index contributed by atoms with van der Waals surface area (Å²) in [6.07, 6.45) is 2.84. The Bertz CT molecular complexity index is 927. The number of anilines is 1. The summed E-state index contributed by atoms with van der Waals surface area (Å²) in [5.74, 6) is -2.10. The van der Waals surface area contributed by atoms with Gasteiger partial charge in [-0.15, -0.1) is 0 Å². The van der Waals surface area contributed by atoms with Crippen molar-refractivity contribution in [3.8, 4) is 5.69 Å². The van der Waals surface area contributed by atoms with E-state index >= 15 is 0 Å². The molecule has 142 valence electrons. The molecular weight excluding hydrogens is 381 g/mol. The Labute approximate surface area is 158 Å². The molecule has 0 N–H and O–H groups in total. The summed E-state index contributed by atoms with van der Waals surface area (Å²) in [6, 6.07) is 4.22. The van der Waals surface area contributed by atoms with Crippen LogP contribution in [0, 0.1) is 5.82 Å². The number of methoxy groups -OCH3 is 2. The van der Waals surface area contributed by atoms with Crippen LogP contribution in [0.25, 0.3) is 5.69 Å².